The molecule has 0 saturated carbocycles. The number of benzene rings is 1. The highest BCUT2D eigenvalue weighted by Gasteiger charge is 2.52. The molecule has 1 aromatic rings. The third-order valence-corrected chi connectivity index (χ3v) is 4.50. The third-order valence-electron chi connectivity index (χ3n) is 4.50. The van der Waals surface area contributed by atoms with Crippen LogP contribution in [-0.4, -0.2) is 46.9 Å². The number of carbonyl (C=O) groups is 2. The molecule has 2 aliphatic rings. The van der Waals surface area contributed by atoms with Crippen molar-refractivity contribution in [1.82, 2.24) is 15.1 Å². The molecule has 7 heteroatoms. The number of rotatable bonds is 3. The van der Waals surface area contributed by atoms with Gasteiger partial charge < -0.3 is 5.32 Å². The van der Waals surface area contributed by atoms with Gasteiger partial charge in [-0.3, -0.25) is 9.69 Å². The number of carbonyl (C=O) groups excluding carboxylic acids is 2. The van der Waals surface area contributed by atoms with Crippen LogP contribution in [0.3, 0.4) is 0 Å². The van der Waals surface area contributed by atoms with Gasteiger partial charge in [0.25, 0.3) is 5.91 Å². The normalized spacial score (nSPS) is 20.6. The summed E-state index contributed by atoms with van der Waals surface area (Å²) in [6.07, 6.45) is 1.03. The quantitative estimate of drug-likeness (QED) is 0.672. The zero-order valence-electron chi connectivity index (χ0n) is 12.6. The maximum Gasteiger partial charge on any atom is 0.325 e. The Labute approximate surface area is 133 Å². The van der Waals surface area contributed by atoms with Gasteiger partial charge in [0, 0.05) is 19.6 Å². The van der Waals surface area contributed by atoms with E-state index in [2.05, 4.69) is 10.2 Å². The molecule has 2 heterocycles. The summed E-state index contributed by atoms with van der Waals surface area (Å²) in [7, 11) is 0. The number of nitrogens with zero attached hydrogens (tertiary/aromatic N) is 3. The Hall–Kier alpha value is -2.46. The van der Waals surface area contributed by atoms with E-state index in [4.69, 9.17) is 5.26 Å². The number of hydrogen-bond donors (Lipinski definition) is 1. The highest BCUT2D eigenvalue weighted by Crippen LogP contribution is 2.29. The molecule has 0 atom stereocenters. The van der Waals surface area contributed by atoms with Crippen LogP contribution in [0.25, 0.3) is 0 Å². The lowest BCUT2D eigenvalue weighted by Gasteiger charge is -2.37. The summed E-state index contributed by atoms with van der Waals surface area (Å²) in [5, 5.41) is 11.5. The fourth-order valence-corrected chi connectivity index (χ4v) is 3.17. The van der Waals surface area contributed by atoms with Crippen molar-refractivity contribution >= 4 is 11.9 Å². The van der Waals surface area contributed by atoms with Gasteiger partial charge in [0.1, 0.15) is 17.9 Å². The zero-order chi connectivity index (χ0) is 16.4. The Bertz CT molecular complexity index is 660. The van der Waals surface area contributed by atoms with Crippen molar-refractivity contribution in [2.75, 3.05) is 19.6 Å². The minimum Gasteiger partial charge on any atom is -0.323 e. The Balaban J connectivity index is 1.62. The maximum absolute atomic E-state index is 12.9. The van der Waals surface area contributed by atoms with Gasteiger partial charge in [0.05, 0.1) is 6.07 Å². The van der Waals surface area contributed by atoms with Crippen LogP contribution in [0.5, 0.6) is 0 Å². The fourth-order valence-electron chi connectivity index (χ4n) is 3.17. The Morgan fingerprint density at radius 3 is 2.48 bits per heavy atom. The number of piperidine rings is 1. The number of halogens is 1. The molecule has 2 aliphatic heterocycles. The molecule has 120 valence electrons. The molecule has 3 amide bonds. The van der Waals surface area contributed by atoms with Gasteiger partial charge in [0.15, 0.2) is 0 Å². The predicted octanol–water partition coefficient (Wildman–Crippen LogP) is 1.24. The molecule has 1 spiro atoms. The number of hydrogen-bond acceptors (Lipinski definition) is 4. The van der Waals surface area contributed by atoms with Gasteiger partial charge in [-0.25, -0.2) is 14.1 Å². The van der Waals surface area contributed by atoms with Crippen molar-refractivity contribution in [3.8, 4) is 6.07 Å². The van der Waals surface area contributed by atoms with Crippen molar-refractivity contribution in [2.24, 2.45) is 0 Å². The average molecular weight is 316 g/mol. The first-order valence-electron chi connectivity index (χ1n) is 7.52. The Morgan fingerprint density at radius 2 is 1.87 bits per heavy atom. The average Bonchev–Trinajstić information content (AvgIpc) is 2.77. The van der Waals surface area contributed by atoms with Crippen molar-refractivity contribution in [2.45, 2.75) is 24.9 Å². The van der Waals surface area contributed by atoms with Gasteiger partial charge in [-0.1, -0.05) is 12.1 Å². The monoisotopic (exact) mass is 316 g/mol. The summed E-state index contributed by atoms with van der Waals surface area (Å²) in [5.41, 5.74) is 0.142. The first-order valence-corrected chi connectivity index (χ1v) is 7.52. The number of urea groups is 1. The van der Waals surface area contributed by atoms with Crippen molar-refractivity contribution < 1.29 is 14.0 Å². The second-order valence-corrected chi connectivity index (χ2v) is 5.96. The summed E-state index contributed by atoms with van der Waals surface area (Å²) in [6.45, 7) is 1.78. The van der Waals surface area contributed by atoms with E-state index in [-0.39, 0.29) is 18.3 Å². The molecule has 0 aromatic heterocycles. The molecule has 0 bridgehead atoms. The Morgan fingerprint density at radius 1 is 1.22 bits per heavy atom. The largest absolute Gasteiger partial charge is 0.325 e. The summed E-state index contributed by atoms with van der Waals surface area (Å²) >= 11 is 0. The van der Waals surface area contributed by atoms with Gasteiger partial charge in [0.2, 0.25) is 0 Å². The second-order valence-electron chi connectivity index (χ2n) is 5.96. The third kappa shape index (κ3) is 2.90. The molecule has 0 unspecified atom stereocenters. The van der Waals surface area contributed by atoms with Crippen LogP contribution < -0.4 is 5.32 Å². The standard InChI is InChI=1S/C16H17FN4O2/c17-13-3-1-12(2-4-13)11-20-8-5-16(6-9-20)14(22)21(10-7-18)15(23)19-16/h1-4H,5-6,8-11H2,(H,19,23). The smallest absolute Gasteiger partial charge is 0.323 e. The lowest BCUT2D eigenvalue weighted by atomic mass is 9.87. The number of nitriles is 1. The highest BCUT2D eigenvalue weighted by atomic mass is 19.1. The van der Waals surface area contributed by atoms with E-state index < -0.39 is 11.6 Å². The topological polar surface area (TPSA) is 76.4 Å². The molecular formula is C16H17FN4O2. The van der Waals surface area contributed by atoms with E-state index >= 15 is 0 Å². The SMILES string of the molecule is N#CCN1C(=O)NC2(CCN(Cc3ccc(F)cc3)CC2)C1=O. The van der Waals surface area contributed by atoms with Crippen LogP contribution in [0.1, 0.15) is 18.4 Å². The number of nitrogens with one attached hydrogen (secondary N) is 1. The lowest BCUT2D eigenvalue weighted by Crippen LogP contribution is -2.54. The summed E-state index contributed by atoms with van der Waals surface area (Å²) in [4.78, 5) is 27.4. The van der Waals surface area contributed by atoms with Crippen LogP contribution >= 0.6 is 0 Å². The maximum atomic E-state index is 12.9. The molecule has 2 saturated heterocycles. The van der Waals surface area contributed by atoms with Gasteiger partial charge in [-0.05, 0) is 30.5 Å². The molecule has 23 heavy (non-hydrogen) atoms. The van der Waals surface area contributed by atoms with E-state index in [1.54, 1.807) is 12.1 Å². The summed E-state index contributed by atoms with van der Waals surface area (Å²) in [6, 6.07) is 7.72. The van der Waals surface area contributed by atoms with Crippen molar-refractivity contribution in [1.29, 1.82) is 5.26 Å². The highest BCUT2D eigenvalue weighted by molar-refractivity contribution is 6.07. The summed E-state index contributed by atoms with van der Waals surface area (Å²) < 4.78 is 12.9. The molecule has 1 aromatic carbocycles. The van der Waals surface area contributed by atoms with Crippen LogP contribution in [0, 0.1) is 17.1 Å². The van der Waals surface area contributed by atoms with E-state index in [0.29, 0.717) is 32.5 Å². The van der Waals surface area contributed by atoms with Gasteiger partial charge >= 0.3 is 6.03 Å². The predicted molar refractivity (Wildman–Crippen MR) is 79.5 cm³/mol. The van der Waals surface area contributed by atoms with E-state index in [1.165, 1.54) is 12.1 Å². The molecule has 3 rings (SSSR count). The Kier molecular flexibility index (Phi) is 4.01. The fraction of sp³-hybridized carbons (Fsp3) is 0.438. The molecule has 0 aliphatic carbocycles. The minimum atomic E-state index is -0.868. The van der Waals surface area contributed by atoms with Crippen LogP contribution in [-0.2, 0) is 11.3 Å². The molecule has 6 nitrogen and oxygen atoms in total. The molecule has 0 radical (unpaired) electrons. The van der Waals surface area contributed by atoms with Crippen LogP contribution in [0.4, 0.5) is 9.18 Å². The van der Waals surface area contributed by atoms with E-state index in [9.17, 15) is 14.0 Å². The summed E-state index contributed by atoms with van der Waals surface area (Å²) in [5.74, 6) is -0.561. The van der Waals surface area contributed by atoms with Gasteiger partial charge in [-0.2, -0.15) is 5.26 Å². The van der Waals surface area contributed by atoms with Gasteiger partial charge in [-0.15, -0.1) is 0 Å². The van der Waals surface area contributed by atoms with Crippen LogP contribution in [0.15, 0.2) is 24.3 Å². The zero-order valence-corrected chi connectivity index (χ0v) is 12.6. The first-order chi connectivity index (χ1) is 11.0. The van der Waals surface area contributed by atoms with Crippen LogP contribution in [0.2, 0.25) is 0 Å². The molecule has 1 N–H and O–H groups in total. The minimum absolute atomic E-state index is 0.217. The number of amides is 3. The van der Waals surface area contributed by atoms with E-state index in [0.717, 1.165) is 10.5 Å². The van der Waals surface area contributed by atoms with Crippen molar-refractivity contribution in [3.05, 3.63) is 35.6 Å². The second kappa shape index (κ2) is 5.97. The molecule has 2 fully saturated rings. The molecular weight excluding hydrogens is 299 g/mol. The first kappa shape index (κ1) is 15.4. The van der Waals surface area contributed by atoms with E-state index in [1.807, 2.05) is 6.07 Å². The number of likely N-dealkylation sites (tertiary alicyclic amines) is 1. The number of imide groups is 1. The lowest BCUT2D eigenvalue weighted by molar-refractivity contribution is -0.132. The van der Waals surface area contributed by atoms with Crippen molar-refractivity contribution in [3.63, 3.8) is 0 Å².